The highest BCUT2D eigenvalue weighted by Gasteiger charge is 2.36. The van der Waals surface area contributed by atoms with Crippen LogP contribution in [0.25, 0.3) is 0 Å². The topological polar surface area (TPSA) is 119 Å². The second-order valence-electron chi connectivity index (χ2n) is 6.60. The van der Waals surface area contributed by atoms with Crippen molar-refractivity contribution in [1.82, 2.24) is 9.62 Å². The molecule has 1 saturated heterocycles. The first kappa shape index (κ1) is 21.3. The Labute approximate surface area is 160 Å². The van der Waals surface area contributed by atoms with E-state index >= 15 is 0 Å². The van der Waals surface area contributed by atoms with Crippen molar-refractivity contribution in [2.45, 2.75) is 43.5 Å². The highest BCUT2D eigenvalue weighted by molar-refractivity contribution is 7.89. The number of piperidine rings is 1. The molecule has 0 saturated carbocycles. The zero-order valence-electron chi connectivity index (χ0n) is 15.7. The molecule has 1 aliphatic rings. The van der Waals surface area contributed by atoms with Gasteiger partial charge >= 0.3 is 5.97 Å². The van der Waals surface area contributed by atoms with Crippen molar-refractivity contribution in [1.29, 1.82) is 0 Å². The summed E-state index contributed by atoms with van der Waals surface area (Å²) in [5.41, 5.74) is 6.15. The maximum Gasteiger partial charge on any atom is 0.339 e. The molecule has 1 aliphatic heterocycles. The van der Waals surface area contributed by atoms with Crippen molar-refractivity contribution in [2.75, 3.05) is 26.7 Å². The van der Waals surface area contributed by atoms with Gasteiger partial charge < -0.3 is 15.8 Å². The minimum Gasteiger partial charge on any atom is -0.465 e. The monoisotopic (exact) mass is 397 g/mol. The average Bonchev–Trinajstić information content (AvgIpc) is 2.66. The predicted molar refractivity (Wildman–Crippen MR) is 101 cm³/mol. The lowest BCUT2D eigenvalue weighted by molar-refractivity contribution is -0.121. The van der Waals surface area contributed by atoms with Crippen molar-refractivity contribution in [3.63, 3.8) is 0 Å². The summed E-state index contributed by atoms with van der Waals surface area (Å²) in [6.07, 6.45) is 2.44. The molecule has 8 nitrogen and oxygen atoms in total. The normalized spacial score (nSPS) is 18.1. The van der Waals surface area contributed by atoms with Gasteiger partial charge in [0.2, 0.25) is 15.9 Å². The number of rotatable bonds is 7. The fourth-order valence-electron chi connectivity index (χ4n) is 3.21. The molecule has 1 aromatic rings. The molecule has 150 valence electrons. The summed E-state index contributed by atoms with van der Waals surface area (Å²) in [5, 5.41) is 2.75. The Bertz CT molecular complexity index is 794. The van der Waals surface area contributed by atoms with Crippen LogP contribution < -0.4 is 11.1 Å². The zero-order valence-corrected chi connectivity index (χ0v) is 16.5. The molecule has 1 unspecified atom stereocenters. The van der Waals surface area contributed by atoms with Gasteiger partial charge in [-0.15, -0.1) is 0 Å². The first-order chi connectivity index (χ1) is 12.8. The highest BCUT2D eigenvalue weighted by Crippen LogP contribution is 2.28. The number of amides is 1. The minimum absolute atomic E-state index is 0.0222. The number of carbonyl (C=O) groups excluding carboxylic acids is 2. The number of carbonyl (C=O) groups is 2. The van der Waals surface area contributed by atoms with E-state index in [1.54, 1.807) is 13.0 Å². The Hall–Kier alpha value is -1.97. The van der Waals surface area contributed by atoms with Gasteiger partial charge in [0.05, 0.1) is 17.6 Å². The van der Waals surface area contributed by atoms with Gasteiger partial charge in [-0.2, -0.15) is 4.31 Å². The molecule has 3 N–H and O–H groups in total. The predicted octanol–water partition coefficient (Wildman–Crippen LogP) is 0.790. The molecule has 1 atom stereocenters. The number of hydrogen-bond acceptors (Lipinski definition) is 6. The van der Waals surface area contributed by atoms with Crippen LogP contribution in [0.3, 0.4) is 0 Å². The number of sulfonamides is 1. The van der Waals surface area contributed by atoms with Gasteiger partial charge in [-0.25, -0.2) is 13.2 Å². The van der Waals surface area contributed by atoms with Gasteiger partial charge in [0, 0.05) is 32.1 Å². The van der Waals surface area contributed by atoms with Gasteiger partial charge in [0.1, 0.15) is 0 Å². The van der Waals surface area contributed by atoms with Gasteiger partial charge in [-0.3, -0.25) is 4.79 Å². The van der Waals surface area contributed by atoms with Crippen molar-refractivity contribution in [2.24, 2.45) is 5.73 Å². The summed E-state index contributed by atoms with van der Waals surface area (Å²) < 4.78 is 32.8. The summed E-state index contributed by atoms with van der Waals surface area (Å²) in [4.78, 5) is 23.8. The average molecular weight is 397 g/mol. The van der Waals surface area contributed by atoms with Crippen LogP contribution in [0, 0.1) is 6.92 Å². The van der Waals surface area contributed by atoms with Crippen molar-refractivity contribution >= 4 is 21.9 Å². The van der Waals surface area contributed by atoms with E-state index in [9.17, 15) is 18.0 Å². The molecule has 1 heterocycles. The van der Waals surface area contributed by atoms with Crippen molar-refractivity contribution in [3.8, 4) is 0 Å². The molecule has 2 rings (SSSR count). The van der Waals surface area contributed by atoms with E-state index in [-0.39, 0.29) is 41.9 Å². The third-order valence-corrected chi connectivity index (χ3v) is 6.62. The molecule has 1 aromatic carbocycles. The van der Waals surface area contributed by atoms with Crippen LogP contribution in [0.15, 0.2) is 23.1 Å². The lowest BCUT2D eigenvalue weighted by Gasteiger charge is -2.35. The smallest absolute Gasteiger partial charge is 0.339 e. The fraction of sp³-hybridized carbons (Fsp3) is 0.556. The first-order valence-corrected chi connectivity index (χ1v) is 10.4. The van der Waals surface area contributed by atoms with Crippen LogP contribution in [-0.4, -0.2) is 57.4 Å². The third-order valence-electron chi connectivity index (χ3n) is 4.61. The van der Waals surface area contributed by atoms with E-state index in [0.717, 1.165) is 18.4 Å². The quantitative estimate of drug-likeness (QED) is 0.657. The summed E-state index contributed by atoms with van der Waals surface area (Å²) >= 11 is 0. The number of nitrogens with one attached hydrogen (secondary N) is 1. The number of esters is 1. The number of methoxy groups -OCH3 is 1. The second kappa shape index (κ2) is 9.29. The van der Waals surface area contributed by atoms with Crippen LogP contribution >= 0.6 is 0 Å². The van der Waals surface area contributed by atoms with E-state index < -0.39 is 16.0 Å². The third kappa shape index (κ3) is 5.06. The van der Waals surface area contributed by atoms with Crippen LogP contribution in [0.5, 0.6) is 0 Å². The largest absolute Gasteiger partial charge is 0.465 e. The SMILES string of the molecule is COC(=O)c1cc(C)ccc1S(=O)(=O)N1CCCCC1CNC(=O)CCN. The zero-order chi connectivity index (χ0) is 20.0. The molecule has 1 amide bonds. The Kier molecular flexibility index (Phi) is 7.34. The molecular weight excluding hydrogens is 370 g/mol. The summed E-state index contributed by atoms with van der Waals surface area (Å²) in [6.45, 7) is 2.58. The molecule has 0 aromatic heterocycles. The number of nitrogens with zero attached hydrogens (tertiary/aromatic N) is 1. The number of nitrogens with two attached hydrogens (primary N) is 1. The maximum absolute atomic E-state index is 13.3. The molecule has 9 heteroatoms. The highest BCUT2D eigenvalue weighted by atomic mass is 32.2. The fourth-order valence-corrected chi connectivity index (χ4v) is 5.06. The van der Waals surface area contributed by atoms with Gasteiger partial charge in [0.25, 0.3) is 0 Å². The minimum atomic E-state index is -3.92. The standard InChI is InChI=1S/C18H27N3O5S/c1-13-6-7-16(15(11-13)18(23)26-2)27(24,25)21-10-4-3-5-14(21)12-20-17(22)8-9-19/h6-7,11,14H,3-5,8-10,12,19H2,1-2H3,(H,20,22). The van der Waals surface area contributed by atoms with Crippen LogP contribution in [0.1, 0.15) is 41.6 Å². The van der Waals surface area contributed by atoms with E-state index in [2.05, 4.69) is 5.32 Å². The molecule has 0 spiro atoms. The summed E-state index contributed by atoms with van der Waals surface area (Å²) in [5.74, 6) is -0.895. The van der Waals surface area contributed by atoms with Gasteiger partial charge in [-0.1, -0.05) is 18.1 Å². The lowest BCUT2D eigenvalue weighted by atomic mass is 10.1. The van der Waals surface area contributed by atoms with Crippen LogP contribution in [0.2, 0.25) is 0 Å². The summed E-state index contributed by atoms with van der Waals surface area (Å²) in [6, 6.07) is 4.25. The van der Waals surface area contributed by atoms with Crippen LogP contribution in [-0.2, 0) is 19.6 Å². The van der Waals surface area contributed by atoms with Gasteiger partial charge in [0.15, 0.2) is 0 Å². The molecule has 0 radical (unpaired) electrons. The molecule has 27 heavy (non-hydrogen) atoms. The van der Waals surface area contributed by atoms with E-state index in [1.807, 2.05) is 0 Å². The molecule has 0 bridgehead atoms. The van der Waals surface area contributed by atoms with E-state index in [1.165, 1.54) is 23.5 Å². The Morgan fingerprint density at radius 3 is 2.74 bits per heavy atom. The summed E-state index contributed by atoms with van der Waals surface area (Å²) in [7, 11) is -2.70. The number of aryl methyl sites for hydroxylation is 1. The second-order valence-corrected chi connectivity index (χ2v) is 8.46. The van der Waals surface area contributed by atoms with Crippen molar-refractivity contribution < 1.29 is 22.7 Å². The van der Waals surface area contributed by atoms with E-state index in [4.69, 9.17) is 10.5 Å². The Morgan fingerprint density at radius 2 is 2.07 bits per heavy atom. The Morgan fingerprint density at radius 1 is 1.33 bits per heavy atom. The van der Waals surface area contributed by atoms with Gasteiger partial charge in [-0.05, 0) is 31.9 Å². The molecular formula is C18H27N3O5S. The maximum atomic E-state index is 13.3. The van der Waals surface area contributed by atoms with Crippen LogP contribution in [0.4, 0.5) is 0 Å². The number of ether oxygens (including phenoxy) is 1. The molecule has 0 aliphatic carbocycles. The van der Waals surface area contributed by atoms with Crippen molar-refractivity contribution in [3.05, 3.63) is 29.3 Å². The Balaban J connectivity index is 2.33. The first-order valence-electron chi connectivity index (χ1n) is 8.98. The molecule has 1 fully saturated rings. The number of hydrogen-bond donors (Lipinski definition) is 2. The van der Waals surface area contributed by atoms with E-state index in [0.29, 0.717) is 13.0 Å². The number of benzene rings is 1. The lowest BCUT2D eigenvalue weighted by Crippen LogP contribution is -2.49.